The zero-order valence-electron chi connectivity index (χ0n) is 19.5. The van der Waals surface area contributed by atoms with Crippen LogP contribution < -0.4 is 9.77 Å². The number of hydrogen-bond donors (Lipinski definition) is 0. The zero-order chi connectivity index (χ0) is 25.7. The van der Waals surface area contributed by atoms with Gasteiger partial charge in [-0.15, -0.1) is 0 Å². The number of aromatic nitrogens is 1. The number of amides is 3. The van der Waals surface area contributed by atoms with E-state index in [9.17, 15) is 19.2 Å². The first-order valence-corrected chi connectivity index (χ1v) is 14.0. The molecule has 2 aromatic carbocycles. The minimum absolute atomic E-state index is 0.112. The fourth-order valence-electron chi connectivity index (χ4n) is 5.17. The van der Waals surface area contributed by atoms with E-state index in [-0.39, 0.29) is 29.1 Å². The molecule has 0 bridgehead atoms. The minimum atomic E-state index is -0.723. The molecule has 0 radical (unpaired) electrons. The Labute approximate surface area is 225 Å². The van der Waals surface area contributed by atoms with Crippen LogP contribution in [0.25, 0.3) is 0 Å². The van der Waals surface area contributed by atoms with Gasteiger partial charge in [-0.1, -0.05) is 65.0 Å². The summed E-state index contributed by atoms with van der Waals surface area (Å²) in [6.45, 7) is 1.78. The Morgan fingerprint density at radius 2 is 1.68 bits per heavy atom. The highest BCUT2D eigenvalue weighted by molar-refractivity contribution is 8.00. The molecule has 0 N–H and O–H groups in total. The summed E-state index contributed by atoms with van der Waals surface area (Å²) >= 11 is 8.30. The maximum Gasteiger partial charge on any atom is 0.308 e. The third-order valence-electron chi connectivity index (χ3n) is 6.95. The second-order valence-electron chi connectivity index (χ2n) is 9.06. The van der Waals surface area contributed by atoms with Gasteiger partial charge in [-0.2, -0.15) is 0 Å². The van der Waals surface area contributed by atoms with Gasteiger partial charge in [0.1, 0.15) is 11.8 Å². The Morgan fingerprint density at radius 1 is 0.973 bits per heavy atom. The van der Waals surface area contributed by atoms with Crippen LogP contribution >= 0.6 is 34.7 Å². The normalized spacial score (nSPS) is 23.2. The average molecular weight is 556 g/mol. The molecule has 0 aliphatic carbocycles. The summed E-state index contributed by atoms with van der Waals surface area (Å²) < 4.78 is 6.81. The van der Waals surface area contributed by atoms with Crippen LogP contribution in [-0.4, -0.2) is 58.7 Å². The number of thioether (sulfide) groups is 1. The standard InChI is InChI=1S/C26H22ClN3O5S2/c27-16-6-8-17(9-7-16)30-23(32)20-19(15-4-2-1-3-5-15)22-25(36-21(20)24(30)33)29(26(34)37-22)14-18(31)28-10-12-35-13-11-28/h1-9,19-21H,10-14H2/t19-,20+,21-/m0/s1. The number of fused-ring (bicyclic) bond motifs is 2. The van der Waals surface area contributed by atoms with Gasteiger partial charge in [0, 0.05) is 28.9 Å². The molecule has 2 fully saturated rings. The Bertz CT molecular complexity index is 1430. The number of nitrogens with zero attached hydrogens (tertiary/aromatic N) is 3. The highest BCUT2D eigenvalue weighted by Gasteiger charge is 2.56. The largest absolute Gasteiger partial charge is 0.378 e. The molecule has 8 nitrogen and oxygen atoms in total. The van der Waals surface area contributed by atoms with Crippen molar-refractivity contribution >= 4 is 58.1 Å². The number of carbonyl (C=O) groups excluding carboxylic acids is 3. The van der Waals surface area contributed by atoms with Gasteiger partial charge in [-0.05, 0) is 29.8 Å². The average Bonchev–Trinajstić information content (AvgIpc) is 3.36. The first-order chi connectivity index (χ1) is 17.9. The van der Waals surface area contributed by atoms with Crippen molar-refractivity contribution < 1.29 is 19.1 Å². The van der Waals surface area contributed by atoms with Gasteiger partial charge in [0.05, 0.1) is 29.8 Å². The van der Waals surface area contributed by atoms with Crippen LogP contribution in [0, 0.1) is 5.92 Å². The van der Waals surface area contributed by atoms with E-state index < -0.39 is 17.1 Å². The summed E-state index contributed by atoms with van der Waals surface area (Å²) in [6.07, 6.45) is 0. The molecule has 190 valence electrons. The molecule has 6 rings (SSSR count). The van der Waals surface area contributed by atoms with Crippen molar-refractivity contribution in [1.29, 1.82) is 0 Å². The van der Waals surface area contributed by atoms with E-state index in [0.717, 1.165) is 21.8 Å². The molecule has 3 amide bonds. The molecule has 3 aromatic rings. The summed E-state index contributed by atoms with van der Waals surface area (Å²) in [5, 5.41) is 0.373. The lowest BCUT2D eigenvalue weighted by Crippen LogP contribution is -2.43. The number of carbonyl (C=O) groups is 3. The number of benzene rings is 2. The first-order valence-electron chi connectivity index (χ1n) is 11.9. The van der Waals surface area contributed by atoms with Crippen LogP contribution in [0.5, 0.6) is 0 Å². The molecule has 11 heteroatoms. The lowest BCUT2D eigenvalue weighted by atomic mass is 9.83. The smallest absolute Gasteiger partial charge is 0.308 e. The quantitative estimate of drug-likeness (QED) is 0.459. The van der Waals surface area contributed by atoms with Gasteiger partial charge in [-0.25, -0.2) is 4.90 Å². The number of thiazole rings is 1. The predicted octanol–water partition coefficient (Wildman–Crippen LogP) is 3.22. The summed E-state index contributed by atoms with van der Waals surface area (Å²) in [6, 6.07) is 16.1. The Kier molecular flexibility index (Phi) is 6.44. The molecular formula is C26H22ClN3O5S2. The van der Waals surface area contributed by atoms with Crippen molar-refractivity contribution in [3.63, 3.8) is 0 Å². The Balaban J connectivity index is 1.42. The Hall–Kier alpha value is -2.92. The number of rotatable bonds is 4. The molecule has 1 aromatic heterocycles. The van der Waals surface area contributed by atoms with Crippen LogP contribution in [0.15, 0.2) is 64.4 Å². The van der Waals surface area contributed by atoms with Crippen molar-refractivity contribution in [3.8, 4) is 0 Å². The van der Waals surface area contributed by atoms with E-state index in [2.05, 4.69) is 0 Å². The number of anilines is 1. The van der Waals surface area contributed by atoms with E-state index in [4.69, 9.17) is 16.3 Å². The SMILES string of the molecule is O=C(Cn1c2c(sc1=O)[C@@H](c1ccccc1)[C@H]1C(=O)N(c3ccc(Cl)cc3)C(=O)[C@H]1S2)N1CCOCC1. The molecule has 37 heavy (non-hydrogen) atoms. The van der Waals surface area contributed by atoms with Crippen molar-refractivity contribution in [1.82, 2.24) is 9.47 Å². The molecule has 2 saturated heterocycles. The second kappa shape index (κ2) is 9.75. The summed E-state index contributed by atoms with van der Waals surface area (Å²) in [5.41, 5.74) is 1.32. The van der Waals surface area contributed by atoms with Crippen molar-refractivity contribution in [2.24, 2.45) is 5.92 Å². The summed E-state index contributed by atoms with van der Waals surface area (Å²) in [4.78, 5) is 57.1. The number of halogens is 1. The van der Waals surface area contributed by atoms with Gasteiger partial charge >= 0.3 is 4.87 Å². The van der Waals surface area contributed by atoms with E-state index in [1.165, 1.54) is 21.2 Å². The molecule has 0 unspecified atom stereocenters. The number of morpholine rings is 1. The van der Waals surface area contributed by atoms with Crippen LogP contribution in [0.2, 0.25) is 5.02 Å². The van der Waals surface area contributed by atoms with Gasteiger partial charge < -0.3 is 9.64 Å². The zero-order valence-corrected chi connectivity index (χ0v) is 21.9. The summed E-state index contributed by atoms with van der Waals surface area (Å²) in [5.74, 6) is -1.96. The highest BCUT2D eigenvalue weighted by atomic mass is 35.5. The predicted molar refractivity (Wildman–Crippen MR) is 141 cm³/mol. The molecule has 3 atom stereocenters. The van der Waals surface area contributed by atoms with E-state index >= 15 is 0 Å². The maximum atomic E-state index is 13.8. The van der Waals surface area contributed by atoms with E-state index in [0.29, 0.717) is 42.0 Å². The number of ether oxygens (including phenoxy) is 1. The van der Waals surface area contributed by atoms with Gasteiger partial charge in [0.2, 0.25) is 17.7 Å². The van der Waals surface area contributed by atoms with E-state index in [1.807, 2.05) is 30.3 Å². The Morgan fingerprint density at radius 3 is 2.38 bits per heavy atom. The van der Waals surface area contributed by atoms with Crippen LogP contribution in [0.4, 0.5) is 5.69 Å². The third kappa shape index (κ3) is 4.21. The summed E-state index contributed by atoms with van der Waals surface area (Å²) in [7, 11) is 0. The third-order valence-corrected chi connectivity index (χ3v) is 9.81. The van der Waals surface area contributed by atoms with Crippen LogP contribution in [0.3, 0.4) is 0 Å². The fraction of sp³-hybridized carbons (Fsp3) is 0.308. The van der Waals surface area contributed by atoms with Gasteiger partial charge in [0.15, 0.2) is 0 Å². The molecule has 4 heterocycles. The second-order valence-corrected chi connectivity index (χ2v) is 11.6. The van der Waals surface area contributed by atoms with E-state index in [1.54, 1.807) is 29.2 Å². The highest BCUT2D eigenvalue weighted by Crippen LogP contribution is 2.53. The topological polar surface area (TPSA) is 88.9 Å². The lowest BCUT2D eigenvalue weighted by Gasteiger charge is -2.31. The first kappa shape index (κ1) is 24.4. The molecular weight excluding hydrogens is 534 g/mol. The molecule has 3 aliphatic heterocycles. The van der Waals surface area contributed by atoms with Crippen molar-refractivity contribution in [2.45, 2.75) is 22.7 Å². The fourth-order valence-corrected chi connectivity index (χ4v) is 8.07. The van der Waals surface area contributed by atoms with Crippen molar-refractivity contribution in [2.75, 3.05) is 31.2 Å². The number of imide groups is 1. The molecule has 0 saturated carbocycles. The van der Waals surface area contributed by atoms with Gasteiger partial charge in [0.25, 0.3) is 0 Å². The monoisotopic (exact) mass is 555 g/mol. The molecule has 3 aliphatic rings. The van der Waals surface area contributed by atoms with Crippen molar-refractivity contribution in [3.05, 3.63) is 79.7 Å². The number of hydrogen-bond acceptors (Lipinski definition) is 7. The lowest BCUT2D eigenvalue weighted by molar-refractivity contribution is -0.136. The van der Waals surface area contributed by atoms with Crippen LogP contribution in [0.1, 0.15) is 16.4 Å². The minimum Gasteiger partial charge on any atom is -0.378 e. The van der Waals surface area contributed by atoms with Gasteiger partial charge in [-0.3, -0.25) is 23.7 Å². The maximum absolute atomic E-state index is 13.8. The van der Waals surface area contributed by atoms with Crippen LogP contribution in [-0.2, 0) is 25.7 Å². The molecule has 0 spiro atoms.